The van der Waals surface area contributed by atoms with E-state index >= 15 is 0 Å². The monoisotopic (exact) mass is 354 g/mol. The molecular formula is C20H26N4O2. The summed E-state index contributed by atoms with van der Waals surface area (Å²) in [6, 6.07) is 6.17. The van der Waals surface area contributed by atoms with Crippen LogP contribution in [0.5, 0.6) is 0 Å². The summed E-state index contributed by atoms with van der Waals surface area (Å²) in [5.41, 5.74) is 8.48. The van der Waals surface area contributed by atoms with Gasteiger partial charge < -0.3 is 15.6 Å². The molecule has 138 valence electrons. The molecule has 3 unspecified atom stereocenters. The van der Waals surface area contributed by atoms with Crippen LogP contribution in [0.25, 0.3) is 11.0 Å². The normalized spacial score (nSPS) is 29.0. The van der Waals surface area contributed by atoms with Crippen molar-refractivity contribution in [2.45, 2.75) is 50.6 Å². The predicted octanol–water partition coefficient (Wildman–Crippen LogP) is 2.25. The van der Waals surface area contributed by atoms with Crippen LogP contribution < -0.4 is 11.4 Å². The Kier molecular flexibility index (Phi) is 3.71. The second kappa shape index (κ2) is 5.98. The Balaban J connectivity index is 1.43. The number of benzene rings is 1. The number of hydrogen-bond acceptors (Lipinski definition) is 3. The topological polar surface area (TPSA) is 84.1 Å². The number of carbonyl (C=O) groups is 1. The second-order valence-electron chi connectivity index (χ2n) is 8.35. The molecule has 2 saturated carbocycles. The molecule has 3 atom stereocenters. The molecule has 1 amide bonds. The number of aromatic nitrogens is 2. The molecule has 0 radical (unpaired) electrons. The molecule has 0 bridgehead atoms. The molecule has 2 aliphatic carbocycles. The van der Waals surface area contributed by atoms with Crippen LogP contribution in [0.15, 0.2) is 23.0 Å². The molecule has 1 saturated heterocycles. The highest BCUT2D eigenvalue weighted by atomic mass is 16.2. The van der Waals surface area contributed by atoms with Gasteiger partial charge in [0, 0.05) is 30.7 Å². The van der Waals surface area contributed by atoms with E-state index in [1.807, 2.05) is 27.7 Å². The van der Waals surface area contributed by atoms with Crippen molar-refractivity contribution in [1.29, 1.82) is 0 Å². The van der Waals surface area contributed by atoms with Gasteiger partial charge in [-0.15, -0.1) is 0 Å². The number of nitrogens with two attached hydrogens (primary N) is 1. The van der Waals surface area contributed by atoms with Crippen molar-refractivity contribution in [2.24, 2.45) is 17.6 Å². The summed E-state index contributed by atoms with van der Waals surface area (Å²) >= 11 is 0. The standard InChI is InChI=1S/C20H26N4O2/c21-16-7-5-13-10-23(11-15(13)16)19(25)12-6-8-18-17(9-12)22-20(26)24(18)14-3-1-2-4-14/h6,8-9,13-16H,1-5,7,10-11,21H2,(H,22,26). The first-order valence-corrected chi connectivity index (χ1v) is 9.91. The molecule has 6 nitrogen and oxygen atoms in total. The molecule has 6 heteroatoms. The van der Waals surface area contributed by atoms with Crippen molar-refractivity contribution in [3.63, 3.8) is 0 Å². The molecule has 3 N–H and O–H groups in total. The first-order valence-electron chi connectivity index (χ1n) is 9.91. The van der Waals surface area contributed by atoms with Crippen LogP contribution in [0.3, 0.4) is 0 Å². The molecule has 1 aliphatic heterocycles. The van der Waals surface area contributed by atoms with E-state index in [1.54, 1.807) is 0 Å². The van der Waals surface area contributed by atoms with Gasteiger partial charge in [-0.05, 0) is 55.7 Å². The van der Waals surface area contributed by atoms with Gasteiger partial charge in [0.1, 0.15) is 0 Å². The second-order valence-corrected chi connectivity index (χ2v) is 8.35. The highest BCUT2D eigenvalue weighted by molar-refractivity contribution is 5.97. The van der Waals surface area contributed by atoms with Crippen LogP contribution >= 0.6 is 0 Å². The van der Waals surface area contributed by atoms with Crippen molar-refractivity contribution < 1.29 is 4.79 Å². The van der Waals surface area contributed by atoms with Crippen molar-refractivity contribution in [1.82, 2.24) is 14.5 Å². The highest BCUT2D eigenvalue weighted by Gasteiger charge is 2.42. The van der Waals surface area contributed by atoms with Gasteiger partial charge >= 0.3 is 5.69 Å². The third kappa shape index (κ3) is 2.42. The minimum absolute atomic E-state index is 0.0572. The van der Waals surface area contributed by atoms with Gasteiger partial charge in [0.05, 0.1) is 11.0 Å². The smallest absolute Gasteiger partial charge is 0.326 e. The zero-order valence-corrected chi connectivity index (χ0v) is 15.0. The summed E-state index contributed by atoms with van der Waals surface area (Å²) in [7, 11) is 0. The number of rotatable bonds is 2. The van der Waals surface area contributed by atoms with E-state index in [0.717, 1.165) is 49.8 Å². The maximum Gasteiger partial charge on any atom is 0.326 e. The van der Waals surface area contributed by atoms with Gasteiger partial charge in [0.25, 0.3) is 5.91 Å². The lowest BCUT2D eigenvalue weighted by molar-refractivity contribution is 0.0779. The van der Waals surface area contributed by atoms with E-state index in [1.165, 1.54) is 12.8 Å². The fourth-order valence-corrected chi connectivity index (χ4v) is 5.44. The van der Waals surface area contributed by atoms with E-state index in [0.29, 0.717) is 17.4 Å². The maximum absolute atomic E-state index is 13.0. The van der Waals surface area contributed by atoms with Gasteiger partial charge in [-0.2, -0.15) is 0 Å². The van der Waals surface area contributed by atoms with E-state index in [-0.39, 0.29) is 23.7 Å². The Labute approximate surface area is 152 Å². The van der Waals surface area contributed by atoms with Crippen molar-refractivity contribution in [2.75, 3.05) is 13.1 Å². The van der Waals surface area contributed by atoms with Crippen LogP contribution in [0.1, 0.15) is 54.9 Å². The molecule has 26 heavy (non-hydrogen) atoms. The summed E-state index contributed by atoms with van der Waals surface area (Å²) in [5, 5.41) is 0. The summed E-state index contributed by atoms with van der Waals surface area (Å²) in [6.07, 6.45) is 6.69. The van der Waals surface area contributed by atoms with E-state index in [9.17, 15) is 9.59 Å². The van der Waals surface area contributed by atoms with E-state index in [2.05, 4.69) is 4.98 Å². The minimum atomic E-state index is -0.0572. The number of H-pyrrole nitrogens is 1. The number of fused-ring (bicyclic) bond motifs is 2. The van der Waals surface area contributed by atoms with E-state index in [4.69, 9.17) is 5.73 Å². The van der Waals surface area contributed by atoms with Crippen LogP contribution in [0, 0.1) is 11.8 Å². The van der Waals surface area contributed by atoms with Crippen LogP contribution in [-0.2, 0) is 0 Å². The number of carbonyl (C=O) groups excluding carboxylic acids is 1. The number of hydrogen-bond donors (Lipinski definition) is 2. The molecule has 1 aromatic carbocycles. The number of imidazole rings is 1. The first-order chi connectivity index (χ1) is 12.6. The zero-order valence-electron chi connectivity index (χ0n) is 15.0. The summed E-state index contributed by atoms with van der Waals surface area (Å²) in [6.45, 7) is 1.58. The van der Waals surface area contributed by atoms with Crippen molar-refractivity contribution in [3.8, 4) is 0 Å². The number of likely N-dealkylation sites (tertiary alicyclic amines) is 1. The number of nitrogens with zero attached hydrogens (tertiary/aromatic N) is 2. The van der Waals surface area contributed by atoms with Crippen LogP contribution in [0.2, 0.25) is 0 Å². The van der Waals surface area contributed by atoms with Crippen molar-refractivity contribution in [3.05, 3.63) is 34.2 Å². The van der Waals surface area contributed by atoms with Gasteiger partial charge in [-0.1, -0.05) is 12.8 Å². The molecular weight excluding hydrogens is 328 g/mol. The Morgan fingerprint density at radius 1 is 1.12 bits per heavy atom. The van der Waals surface area contributed by atoms with Crippen LogP contribution in [-0.4, -0.2) is 39.5 Å². The largest absolute Gasteiger partial charge is 0.338 e. The lowest BCUT2D eigenvalue weighted by Gasteiger charge is -2.19. The Morgan fingerprint density at radius 2 is 1.92 bits per heavy atom. The summed E-state index contributed by atoms with van der Waals surface area (Å²) < 4.78 is 1.88. The van der Waals surface area contributed by atoms with E-state index < -0.39 is 0 Å². The minimum Gasteiger partial charge on any atom is -0.338 e. The Bertz CT molecular complexity index is 908. The third-order valence-electron chi connectivity index (χ3n) is 6.85. The number of amides is 1. The average Bonchev–Trinajstić information content (AvgIpc) is 3.38. The van der Waals surface area contributed by atoms with Gasteiger partial charge in [0.2, 0.25) is 0 Å². The molecule has 3 aliphatic rings. The third-order valence-corrected chi connectivity index (χ3v) is 6.85. The molecule has 2 heterocycles. The fourth-order valence-electron chi connectivity index (χ4n) is 5.44. The summed E-state index contributed by atoms with van der Waals surface area (Å²) in [4.78, 5) is 30.3. The van der Waals surface area contributed by atoms with Crippen molar-refractivity contribution >= 4 is 16.9 Å². The highest BCUT2D eigenvalue weighted by Crippen LogP contribution is 2.37. The predicted molar refractivity (Wildman–Crippen MR) is 100 cm³/mol. The fraction of sp³-hybridized carbons (Fsp3) is 0.600. The van der Waals surface area contributed by atoms with Gasteiger partial charge in [-0.25, -0.2) is 4.79 Å². The first kappa shape index (κ1) is 16.1. The molecule has 3 fully saturated rings. The Hall–Kier alpha value is -2.08. The van der Waals surface area contributed by atoms with Crippen LogP contribution in [0.4, 0.5) is 0 Å². The molecule has 1 aromatic heterocycles. The average molecular weight is 354 g/mol. The maximum atomic E-state index is 13.0. The lowest BCUT2D eigenvalue weighted by atomic mass is 9.98. The SMILES string of the molecule is NC1CCC2CN(C(=O)c3ccc4c(c3)[nH]c(=O)n4C3CCCC3)CC12. The Morgan fingerprint density at radius 3 is 2.69 bits per heavy atom. The number of aromatic amines is 1. The molecule has 2 aromatic rings. The van der Waals surface area contributed by atoms with Gasteiger partial charge in [-0.3, -0.25) is 9.36 Å². The summed E-state index contributed by atoms with van der Waals surface area (Å²) in [5.74, 6) is 1.06. The number of nitrogens with one attached hydrogen (secondary N) is 1. The van der Waals surface area contributed by atoms with Gasteiger partial charge in [0.15, 0.2) is 0 Å². The molecule has 0 spiro atoms. The lowest BCUT2D eigenvalue weighted by Crippen LogP contribution is -2.33. The molecule has 5 rings (SSSR count). The quantitative estimate of drug-likeness (QED) is 0.867. The zero-order chi connectivity index (χ0) is 17.8.